The molecule has 0 spiro atoms. The lowest BCUT2D eigenvalue weighted by Gasteiger charge is -2.25. The molecule has 1 N–H and O–H groups in total. The van der Waals surface area contributed by atoms with Gasteiger partial charge in [-0.3, -0.25) is 19.7 Å². The van der Waals surface area contributed by atoms with Crippen LogP contribution in [-0.2, 0) is 16.0 Å². The van der Waals surface area contributed by atoms with E-state index in [0.717, 1.165) is 12.0 Å². The highest BCUT2D eigenvalue weighted by molar-refractivity contribution is 6.47. The van der Waals surface area contributed by atoms with E-state index in [9.17, 15) is 25.0 Å². The third-order valence-corrected chi connectivity index (χ3v) is 6.18. The zero-order valence-electron chi connectivity index (χ0n) is 20.3. The number of nitro groups is 1. The van der Waals surface area contributed by atoms with Crippen LogP contribution in [0, 0.1) is 21.4 Å². The number of Topliss-reactive ketones (excluding diaryl/α,β-unsaturated/α-hetero) is 1. The summed E-state index contributed by atoms with van der Waals surface area (Å²) in [7, 11) is 1.50. The van der Waals surface area contributed by atoms with E-state index >= 15 is 0 Å². The van der Waals surface area contributed by atoms with E-state index in [4.69, 9.17) is 4.74 Å². The number of hydrogen-bond acceptors (Lipinski definition) is 7. The molecule has 0 aliphatic carbocycles. The van der Waals surface area contributed by atoms with Crippen LogP contribution in [0.5, 0.6) is 5.75 Å². The van der Waals surface area contributed by atoms with E-state index in [1.54, 1.807) is 30.3 Å². The van der Waals surface area contributed by atoms with Crippen molar-refractivity contribution >= 4 is 28.8 Å². The number of nitrogens with zero attached hydrogens (tertiary/aromatic N) is 3. The van der Waals surface area contributed by atoms with Crippen molar-refractivity contribution in [3.05, 3.63) is 105 Å². The van der Waals surface area contributed by atoms with Crippen LogP contribution >= 0.6 is 0 Å². The first-order chi connectivity index (χ1) is 17.9. The molecule has 4 rings (SSSR count). The number of non-ortho nitro benzene ring substituents is 1. The zero-order valence-corrected chi connectivity index (χ0v) is 20.3. The van der Waals surface area contributed by atoms with Gasteiger partial charge in [0.1, 0.15) is 12.3 Å². The lowest BCUT2D eigenvalue weighted by molar-refractivity contribution is -0.384. The summed E-state index contributed by atoms with van der Waals surface area (Å²) in [5.74, 6) is -1.10. The number of nitrogens with one attached hydrogen (secondary N) is 1. The molecule has 1 heterocycles. The van der Waals surface area contributed by atoms with Gasteiger partial charge in [0.05, 0.1) is 35.4 Å². The van der Waals surface area contributed by atoms with Gasteiger partial charge in [-0.25, -0.2) is 0 Å². The molecule has 37 heavy (non-hydrogen) atoms. The van der Waals surface area contributed by atoms with Crippen molar-refractivity contribution < 1.29 is 19.2 Å². The lowest BCUT2D eigenvalue weighted by Crippen LogP contribution is -2.30. The summed E-state index contributed by atoms with van der Waals surface area (Å²) in [5, 5.41) is 24.2. The van der Waals surface area contributed by atoms with Crippen LogP contribution in [0.15, 0.2) is 78.4 Å². The van der Waals surface area contributed by atoms with Crippen LogP contribution in [0.2, 0.25) is 0 Å². The first-order valence-electron chi connectivity index (χ1n) is 11.6. The Morgan fingerprint density at radius 3 is 2.49 bits per heavy atom. The second-order valence-electron chi connectivity index (χ2n) is 8.37. The molecule has 0 bridgehead atoms. The molecule has 9 heteroatoms. The molecule has 1 fully saturated rings. The average Bonchev–Trinajstić information content (AvgIpc) is 3.17. The molecule has 0 aromatic heterocycles. The number of methoxy groups -OCH3 is 1. The van der Waals surface area contributed by atoms with Crippen molar-refractivity contribution in [2.24, 2.45) is 0 Å². The van der Waals surface area contributed by atoms with E-state index in [1.807, 2.05) is 37.3 Å². The maximum Gasteiger partial charge on any atom is 0.296 e. The van der Waals surface area contributed by atoms with Crippen molar-refractivity contribution in [2.75, 3.05) is 19.0 Å². The summed E-state index contributed by atoms with van der Waals surface area (Å²) in [6, 6.07) is 21.3. The maximum absolute atomic E-state index is 13.5. The van der Waals surface area contributed by atoms with E-state index in [2.05, 4.69) is 5.32 Å². The minimum Gasteiger partial charge on any atom is -0.497 e. The van der Waals surface area contributed by atoms with Crippen molar-refractivity contribution in [3.8, 4) is 11.8 Å². The highest BCUT2D eigenvalue weighted by Gasteiger charge is 2.46. The van der Waals surface area contributed by atoms with Crippen LogP contribution in [0.1, 0.15) is 29.7 Å². The number of carbonyl (C=O) groups excluding carboxylic acids is 2. The number of hydrogen-bond donors (Lipinski definition) is 1. The molecule has 1 aliphatic rings. The summed E-state index contributed by atoms with van der Waals surface area (Å²) >= 11 is 0. The van der Waals surface area contributed by atoms with Gasteiger partial charge in [-0.15, -0.1) is 0 Å². The summed E-state index contributed by atoms with van der Waals surface area (Å²) in [5.41, 5.74) is 2.84. The van der Waals surface area contributed by atoms with E-state index in [1.165, 1.54) is 30.2 Å². The number of amides is 1. The minimum absolute atomic E-state index is 0.0913. The van der Waals surface area contributed by atoms with Crippen molar-refractivity contribution in [1.82, 2.24) is 4.90 Å². The van der Waals surface area contributed by atoms with Gasteiger partial charge < -0.3 is 15.0 Å². The normalized spacial score (nSPS) is 16.4. The summed E-state index contributed by atoms with van der Waals surface area (Å²) in [6.07, 6.45) is 0.840. The Labute approximate surface area is 213 Å². The Morgan fingerprint density at radius 2 is 1.84 bits per heavy atom. The lowest BCUT2D eigenvalue weighted by atomic mass is 9.93. The molecule has 0 saturated carbocycles. The van der Waals surface area contributed by atoms with Gasteiger partial charge in [0.25, 0.3) is 17.4 Å². The maximum atomic E-state index is 13.5. The number of carbonyl (C=O) groups is 2. The molecule has 1 atom stereocenters. The highest BCUT2D eigenvalue weighted by atomic mass is 16.6. The van der Waals surface area contributed by atoms with Crippen LogP contribution in [0.4, 0.5) is 11.4 Å². The predicted molar refractivity (Wildman–Crippen MR) is 138 cm³/mol. The molecule has 0 radical (unpaired) electrons. The summed E-state index contributed by atoms with van der Waals surface area (Å²) < 4.78 is 5.34. The Morgan fingerprint density at radius 1 is 1.11 bits per heavy atom. The number of anilines is 1. The largest absolute Gasteiger partial charge is 0.497 e. The first kappa shape index (κ1) is 25.1. The van der Waals surface area contributed by atoms with Gasteiger partial charge in [0.15, 0.2) is 0 Å². The summed E-state index contributed by atoms with van der Waals surface area (Å²) in [6.45, 7) is 1.72. The molecule has 1 saturated heterocycles. The predicted octanol–water partition coefficient (Wildman–Crippen LogP) is 4.67. The van der Waals surface area contributed by atoms with Crippen LogP contribution < -0.4 is 10.1 Å². The Kier molecular flexibility index (Phi) is 7.30. The quantitative estimate of drug-likeness (QED) is 0.158. The highest BCUT2D eigenvalue weighted by Crippen LogP contribution is 2.41. The number of aryl methyl sites for hydroxylation is 1. The fraction of sp³-hybridized carbons (Fsp3) is 0.179. The average molecular weight is 497 g/mol. The van der Waals surface area contributed by atoms with E-state index < -0.39 is 22.7 Å². The standard InChI is InChI=1S/C28H24N4O5/c1-3-18-10-12-21(13-11-18)30-25(19-6-4-8-22(16-19)32(35)36)24-26(20-7-5-9-23(17-20)37-2)31(15-14-29)28(34)27(24)33/h4-13,16-17,26,30H,3,15H2,1-2H3. The third-order valence-electron chi connectivity index (χ3n) is 6.18. The minimum atomic E-state index is -0.911. The fourth-order valence-electron chi connectivity index (χ4n) is 4.33. The van der Waals surface area contributed by atoms with Gasteiger partial charge in [0.2, 0.25) is 0 Å². The molecule has 1 amide bonds. The third kappa shape index (κ3) is 5.04. The number of nitro benzene ring substituents is 1. The second kappa shape index (κ2) is 10.7. The number of ketones is 1. The van der Waals surface area contributed by atoms with Crippen LogP contribution in [-0.4, -0.2) is 35.2 Å². The van der Waals surface area contributed by atoms with Gasteiger partial charge in [-0.1, -0.05) is 43.3 Å². The van der Waals surface area contributed by atoms with E-state index in [0.29, 0.717) is 22.6 Å². The van der Waals surface area contributed by atoms with Crippen LogP contribution in [0.25, 0.3) is 5.70 Å². The molecule has 3 aromatic carbocycles. The molecule has 9 nitrogen and oxygen atoms in total. The fourth-order valence-corrected chi connectivity index (χ4v) is 4.33. The molecule has 186 valence electrons. The van der Waals surface area contributed by atoms with Crippen molar-refractivity contribution in [1.29, 1.82) is 5.26 Å². The number of rotatable bonds is 8. The number of benzene rings is 3. The first-order valence-corrected chi connectivity index (χ1v) is 11.6. The van der Waals surface area contributed by atoms with Gasteiger partial charge in [-0.05, 0) is 41.8 Å². The topological polar surface area (TPSA) is 126 Å². The smallest absolute Gasteiger partial charge is 0.296 e. The zero-order chi connectivity index (χ0) is 26.5. The monoisotopic (exact) mass is 496 g/mol. The number of ether oxygens (including phenoxy) is 1. The molecule has 1 unspecified atom stereocenters. The van der Waals surface area contributed by atoms with Gasteiger partial charge in [0, 0.05) is 23.4 Å². The van der Waals surface area contributed by atoms with Gasteiger partial charge in [-0.2, -0.15) is 5.26 Å². The molecular formula is C28H24N4O5. The Bertz CT molecular complexity index is 1440. The van der Waals surface area contributed by atoms with Crippen molar-refractivity contribution in [2.45, 2.75) is 19.4 Å². The second-order valence-corrected chi connectivity index (χ2v) is 8.37. The van der Waals surface area contributed by atoms with Crippen molar-refractivity contribution in [3.63, 3.8) is 0 Å². The Balaban J connectivity index is 1.99. The molecule has 1 aliphatic heterocycles. The van der Waals surface area contributed by atoms with Gasteiger partial charge >= 0.3 is 0 Å². The SMILES string of the molecule is CCc1ccc(NC(=C2C(=O)C(=O)N(CC#N)C2c2cccc(OC)c2)c2cccc([N+](=O)[O-])c2)cc1. The van der Waals surface area contributed by atoms with Crippen LogP contribution in [0.3, 0.4) is 0 Å². The number of likely N-dealkylation sites (tertiary alicyclic amines) is 1. The summed E-state index contributed by atoms with van der Waals surface area (Å²) in [4.78, 5) is 38.8. The Hall–Kier alpha value is -4.97. The molecular weight excluding hydrogens is 472 g/mol. The number of nitriles is 1. The van der Waals surface area contributed by atoms with E-state index in [-0.39, 0.29) is 23.5 Å². The molecule has 3 aromatic rings.